The van der Waals surface area contributed by atoms with Crippen LogP contribution in [0, 0.1) is 0 Å². The third kappa shape index (κ3) is 2.66. The molecule has 1 saturated heterocycles. The standard InChI is InChI=1S/C10H19N/c1-3-10(4-2)9-11-7-5-6-8-11/h3H,4-9H2,1-2H3/b10-3-. The Kier molecular flexibility index (Phi) is 3.64. The molecule has 0 unspecified atom stereocenters. The maximum Gasteiger partial charge on any atom is 0.0192 e. The topological polar surface area (TPSA) is 3.24 Å². The van der Waals surface area contributed by atoms with Gasteiger partial charge in [-0.05, 0) is 39.3 Å². The summed E-state index contributed by atoms with van der Waals surface area (Å²) in [4.78, 5) is 2.55. The normalized spacial score (nSPS) is 21.1. The smallest absolute Gasteiger partial charge is 0.0192 e. The Hall–Kier alpha value is -0.300. The van der Waals surface area contributed by atoms with Crippen LogP contribution in [0.3, 0.4) is 0 Å². The summed E-state index contributed by atoms with van der Waals surface area (Å²) in [6.07, 6.45) is 6.28. The lowest BCUT2D eigenvalue weighted by molar-refractivity contribution is 0.365. The fraction of sp³-hybridized carbons (Fsp3) is 0.800. The zero-order valence-electron chi connectivity index (χ0n) is 7.77. The van der Waals surface area contributed by atoms with Crippen LogP contribution in [0.1, 0.15) is 33.1 Å². The van der Waals surface area contributed by atoms with Gasteiger partial charge in [0.25, 0.3) is 0 Å². The molecule has 1 fully saturated rings. The number of allylic oxidation sites excluding steroid dienone is 1. The van der Waals surface area contributed by atoms with E-state index in [0.717, 1.165) is 0 Å². The van der Waals surface area contributed by atoms with E-state index in [-0.39, 0.29) is 0 Å². The highest BCUT2D eigenvalue weighted by Gasteiger charge is 2.11. The molecule has 0 amide bonds. The van der Waals surface area contributed by atoms with Crippen molar-refractivity contribution in [2.24, 2.45) is 0 Å². The number of hydrogen-bond acceptors (Lipinski definition) is 1. The van der Waals surface area contributed by atoms with Gasteiger partial charge in [-0.25, -0.2) is 0 Å². The van der Waals surface area contributed by atoms with Crippen LogP contribution in [-0.4, -0.2) is 24.5 Å². The van der Waals surface area contributed by atoms with Crippen LogP contribution in [0.15, 0.2) is 11.6 Å². The van der Waals surface area contributed by atoms with Crippen molar-refractivity contribution >= 4 is 0 Å². The van der Waals surface area contributed by atoms with E-state index in [9.17, 15) is 0 Å². The van der Waals surface area contributed by atoms with Crippen LogP contribution in [0.4, 0.5) is 0 Å². The van der Waals surface area contributed by atoms with Crippen molar-refractivity contribution < 1.29 is 0 Å². The van der Waals surface area contributed by atoms with Gasteiger partial charge in [-0.2, -0.15) is 0 Å². The van der Waals surface area contributed by atoms with Crippen molar-refractivity contribution in [2.45, 2.75) is 33.1 Å². The van der Waals surface area contributed by atoms with Crippen molar-refractivity contribution in [3.63, 3.8) is 0 Å². The van der Waals surface area contributed by atoms with E-state index in [2.05, 4.69) is 24.8 Å². The first kappa shape index (κ1) is 8.79. The average Bonchev–Trinajstić information content (AvgIpc) is 2.52. The molecule has 1 rings (SSSR count). The van der Waals surface area contributed by atoms with Gasteiger partial charge in [0, 0.05) is 6.54 Å². The van der Waals surface area contributed by atoms with Gasteiger partial charge >= 0.3 is 0 Å². The second-order valence-corrected chi connectivity index (χ2v) is 3.28. The van der Waals surface area contributed by atoms with E-state index in [0.29, 0.717) is 0 Å². The minimum absolute atomic E-state index is 1.22. The van der Waals surface area contributed by atoms with Crippen LogP contribution in [0.2, 0.25) is 0 Å². The Morgan fingerprint density at radius 3 is 2.45 bits per heavy atom. The Balaban J connectivity index is 2.27. The molecule has 0 bridgehead atoms. The molecule has 0 aromatic heterocycles. The summed E-state index contributed by atoms with van der Waals surface area (Å²) in [6.45, 7) is 8.24. The molecule has 1 aliphatic heterocycles. The first-order valence-corrected chi connectivity index (χ1v) is 4.73. The summed E-state index contributed by atoms with van der Waals surface area (Å²) in [5, 5.41) is 0. The summed E-state index contributed by atoms with van der Waals surface area (Å²) >= 11 is 0. The van der Waals surface area contributed by atoms with Crippen molar-refractivity contribution in [3.05, 3.63) is 11.6 Å². The van der Waals surface area contributed by atoms with E-state index >= 15 is 0 Å². The molecule has 1 heterocycles. The van der Waals surface area contributed by atoms with Gasteiger partial charge in [0.2, 0.25) is 0 Å². The van der Waals surface area contributed by atoms with Crippen molar-refractivity contribution in [1.82, 2.24) is 4.90 Å². The lowest BCUT2D eigenvalue weighted by Gasteiger charge is -2.15. The maximum atomic E-state index is 2.55. The Labute approximate surface area is 70.1 Å². The number of hydrogen-bond donors (Lipinski definition) is 0. The summed E-state index contributed by atoms with van der Waals surface area (Å²) in [5.74, 6) is 0. The fourth-order valence-corrected chi connectivity index (χ4v) is 1.64. The first-order chi connectivity index (χ1) is 5.36. The third-order valence-electron chi connectivity index (χ3n) is 2.49. The molecule has 0 aliphatic carbocycles. The molecule has 0 atom stereocenters. The van der Waals surface area contributed by atoms with Crippen LogP contribution >= 0.6 is 0 Å². The Bertz CT molecular complexity index is 132. The SMILES string of the molecule is C/C=C(/CC)CN1CCCC1. The highest BCUT2D eigenvalue weighted by molar-refractivity contribution is 5.02. The highest BCUT2D eigenvalue weighted by Crippen LogP contribution is 2.11. The highest BCUT2D eigenvalue weighted by atomic mass is 15.1. The van der Waals surface area contributed by atoms with E-state index in [1.807, 2.05) is 0 Å². The molecule has 0 aromatic carbocycles. The molecule has 0 N–H and O–H groups in total. The van der Waals surface area contributed by atoms with Gasteiger partial charge in [-0.15, -0.1) is 0 Å². The molecular formula is C10H19N. The minimum Gasteiger partial charge on any atom is -0.299 e. The molecule has 1 aliphatic rings. The van der Waals surface area contributed by atoms with E-state index in [1.54, 1.807) is 5.57 Å². The second-order valence-electron chi connectivity index (χ2n) is 3.28. The average molecular weight is 153 g/mol. The Morgan fingerprint density at radius 2 is 2.00 bits per heavy atom. The lowest BCUT2D eigenvalue weighted by Crippen LogP contribution is -2.21. The molecule has 0 aromatic rings. The van der Waals surface area contributed by atoms with Gasteiger partial charge in [0.05, 0.1) is 0 Å². The van der Waals surface area contributed by atoms with Crippen LogP contribution in [0.5, 0.6) is 0 Å². The quantitative estimate of drug-likeness (QED) is 0.563. The molecule has 1 heteroatoms. The van der Waals surface area contributed by atoms with Gasteiger partial charge in [-0.1, -0.05) is 18.6 Å². The van der Waals surface area contributed by atoms with Gasteiger partial charge in [0.1, 0.15) is 0 Å². The summed E-state index contributed by atoms with van der Waals surface area (Å²) in [7, 11) is 0. The van der Waals surface area contributed by atoms with Crippen LogP contribution in [0.25, 0.3) is 0 Å². The molecule has 0 spiro atoms. The number of rotatable bonds is 3. The molecule has 64 valence electrons. The predicted octanol–water partition coefficient (Wildman–Crippen LogP) is 2.44. The predicted molar refractivity (Wildman–Crippen MR) is 49.7 cm³/mol. The van der Waals surface area contributed by atoms with E-state index < -0.39 is 0 Å². The van der Waals surface area contributed by atoms with Crippen LogP contribution < -0.4 is 0 Å². The molecule has 0 saturated carbocycles. The second kappa shape index (κ2) is 4.55. The molecule has 11 heavy (non-hydrogen) atoms. The largest absolute Gasteiger partial charge is 0.299 e. The molecule has 1 nitrogen and oxygen atoms in total. The molecule has 0 radical (unpaired) electrons. The third-order valence-corrected chi connectivity index (χ3v) is 2.49. The molecular weight excluding hydrogens is 134 g/mol. The van der Waals surface area contributed by atoms with Crippen molar-refractivity contribution in [3.8, 4) is 0 Å². The number of nitrogens with zero attached hydrogens (tertiary/aromatic N) is 1. The summed E-state index contributed by atoms with van der Waals surface area (Å²) in [5.41, 5.74) is 1.59. The van der Waals surface area contributed by atoms with Crippen molar-refractivity contribution in [2.75, 3.05) is 19.6 Å². The van der Waals surface area contributed by atoms with Crippen LogP contribution in [-0.2, 0) is 0 Å². The van der Waals surface area contributed by atoms with Gasteiger partial charge in [-0.3, -0.25) is 4.90 Å². The van der Waals surface area contributed by atoms with E-state index in [1.165, 1.54) is 38.9 Å². The minimum atomic E-state index is 1.22. The van der Waals surface area contributed by atoms with Gasteiger partial charge in [0.15, 0.2) is 0 Å². The first-order valence-electron chi connectivity index (χ1n) is 4.73. The van der Waals surface area contributed by atoms with Gasteiger partial charge < -0.3 is 0 Å². The van der Waals surface area contributed by atoms with Crippen molar-refractivity contribution in [1.29, 1.82) is 0 Å². The zero-order valence-corrected chi connectivity index (χ0v) is 7.77. The number of likely N-dealkylation sites (tertiary alicyclic amines) is 1. The maximum absolute atomic E-state index is 2.55. The zero-order chi connectivity index (χ0) is 8.10. The van der Waals surface area contributed by atoms with E-state index in [4.69, 9.17) is 0 Å². The summed E-state index contributed by atoms with van der Waals surface area (Å²) < 4.78 is 0. The Morgan fingerprint density at radius 1 is 1.36 bits per heavy atom. The lowest BCUT2D eigenvalue weighted by atomic mass is 10.2. The monoisotopic (exact) mass is 153 g/mol. The summed E-state index contributed by atoms with van der Waals surface area (Å²) in [6, 6.07) is 0. The fourth-order valence-electron chi connectivity index (χ4n) is 1.64.